The van der Waals surface area contributed by atoms with Crippen LogP contribution < -0.4 is 11.1 Å². The lowest BCUT2D eigenvalue weighted by atomic mass is 9.43. The second-order valence-electron chi connectivity index (χ2n) is 17.1. The topological polar surface area (TPSA) is 123 Å². The number of amides is 3. The maximum atomic E-state index is 14.4. The third kappa shape index (κ3) is 7.82. The minimum absolute atomic E-state index is 0. The van der Waals surface area contributed by atoms with Crippen LogP contribution in [0.2, 0.25) is 0 Å². The van der Waals surface area contributed by atoms with Gasteiger partial charge < -0.3 is 34.9 Å². The zero-order chi connectivity index (χ0) is 37.1. The molecule has 8 atom stereocenters. The Morgan fingerprint density at radius 3 is 2.50 bits per heavy atom. The molecule has 1 aromatic rings. The zero-order valence-corrected chi connectivity index (χ0v) is 32.0. The molecule has 6 fully saturated rings. The van der Waals surface area contributed by atoms with Gasteiger partial charge in [-0.1, -0.05) is 38.5 Å². The Morgan fingerprint density at radius 1 is 1.12 bits per heavy atom. The minimum Gasteiger partial charge on any atom is -0.444 e. The van der Waals surface area contributed by atoms with E-state index in [0.717, 1.165) is 37.8 Å². The Balaban J connectivity index is 0.00000523. The Kier molecular flexibility index (Phi) is 11.7. The molecule has 7 rings (SSSR count). The summed E-state index contributed by atoms with van der Waals surface area (Å²) in [6.07, 6.45) is -0.0838. The molecule has 15 heteroatoms. The first-order chi connectivity index (χ1) is 23.8. The number of likely N-dealkylation sites (tertiary alicyclic amines) is 2. The molecule has 3 heterocycles. The standard InChI is InChI=1S/C37H54BF3N4O6.ClH/c1-34(2,3)49-33(48)44-20-25(22-11-9-12-23(17-22)37(39,40)41)26(21-44)32(47)45-16-10-13-27(45)31(46)43-30(14-7-8-15-42)38-50-29-19-24-18-28(35(24,4)5)36(29,6)51-38;/h9,11-12,17,24-30H,7-8,10,13-16,18-21,42H2,1-6H3,(H,43,46);1H/t24-,25+,26-,27-,28-,29+,30-,36-;/m0./s1. The SMILES string of the molecule is CC(C)(C)OC(=O)N1C[C@H](C(=O)N2CCC[C@H]2C(=O)N[C@@H](CCCCN)B2O[C@@H]3C[C@@H]4C[C@@H](C4(C)C)[C@]3(C)O2)[C@@H](c2cccc(C(F)(F)F)c2)C1.Cl. The van der Waals surface area contributed by atoms with Crippen molar-refractivity contribution < 1.29 is 41.6 Å². The van der Waals surface area contributed by atoms with E-state index in [2.05, 4.69) is 26.1 Å². The molecule has 3 amide bonds. The number of nitrogens with zero attached hydrogens (tertiary/aromatic N) is 2. The lowest BCUT2D eigenvalue weighted by Gasteiger charge is -2.64. The van der Waals surface area contributed by atoms with Crippen molar-refractivity contribution in [3.8, 4) is 0 Å². The summed E-state index contributed by atoms with van der Waals surface area (Å²) in [7, 11) is -0.634. The van der Waals surface area contributed by atoms with E-state index in [0.29, 0.717) is 49.8 Å². The highest BCUT2D eigenvalue weighted by atomic mass is 35.5. The molecule has 0 spiro atoms. The zero-order valence-electron chi connectivity index (χ0n) is 31.2. The third-order valence-electron chi connectivity index (χ3n) is 12.4. The number of benzene rings is 1. The Morgan fingerprint density at radius 2 is 1.85 bits per heavy atom. The van der Waals surface area contributed by atoms with Crippen molar-refractivity contribution in [3.05, 3.63) is 35.4 Å². The number of halogens is 4. The van der Waals surface area contributed by atoms with Gasteiger partial charge in [0.15, 0.2) is 0 Å². The monoisotopic (exact) mass is 754 g/mol. The van der Waals surface area contributed by atoms with Crippen molar-refractivity contribution in [3.63, 3.8) is 0 Å². The Labute approximate surface area is 311 Å². The van der Waals surface area contributed by atoms with Crippen molar-refractivity contribution >= 4 is 37.4 Å². The summed E-state index contributed by atoms with van der Waals surface area (Å²) in [5, 5.41) is 3.20. The van der Waals surface area contributed by atoms with Crippen molar-refractivity contribution in [2.24, 2.45) is 28.9 Å². The number of carbonyl (C=O) groups is 3. The quantitative estimate of drug-likeness (QED) is 0.236. The highest BCUT2D eigenvalue weighted by Crippen LogP contribution is 2.65. The number of carbonyl (C=O) groups excluding carboxylic acids is 3. The Bertz CT molecular complexity index is 1500. The predicted molar refractivity (Wildman–Crippen MR) is 192 cm³/mol. The molecule has 290 valence electrons. The van der Waals surface area contributed by atoms with Gasteiger partial charge >= 0.3 is 19.4 Å². The number of alkyl halides is 3. The molecule has 52 heavy (non-hydrogen) atoms. The first kappa shape index (κ1) is 40.6. The van der Waals surface area contributed by atoms with Crippen LogP contribution in [0, 0.1) is 23.2 Å². The van der Waals surface area contributed by atoms with Crippen LogP contribution in [-0.4, -0.2) is 90.3 Å². The maximum absolute atomic E-state index is 14.4. The van der Waals surface area contributed by atoms with E-state index < -0.39 is 60.0 Å². The van der Waals surface area contributed by atoms with Crippen LogP contribution in [0.1, 0.15) is 104 Å². The fourth-order valence-corrected chi connectivity index (χ4v) is 9.46. The molecule has 3 aliphatic carbocycles. The molecule has 2 bridgehead atoms. The van der Waals surface area contributed by atoms with E-state index in [1.54, 1.807) is 31.7 Å². The lowest BCUT2D eigenvalue weighted by molar-refractivity contribution is -0.199. The summed E-state index contributed by atoms with van der Waals surface area (Å²) in [5.74, 6) is -1.78. The van der Waals surface area contributed by atoms with Gasteiger partial charge in [0.25, 0.3) is 0 Å². The number of hydrogen-bond donors (Lipinski definition) is 2. The summed E-state index contributed by atoms with van der Waals surface area (Å²) >= 11 is 0. The first-order valence-electron chi connectivity index (χ1n) is 18.6. The number of unbranched alkanes of at least 4 members (excludes halogenated alkanes) is 1. The molecule has 0 unspecified atom stereocenters. The minimum atomic E-state index is -4.57. The molecule has 3 saturated carbocycles. The van der Waals surface area contributed by atoms with Gasteiger partial charge in [0.1, 0.15) is 11.6 Å². The molecule has 6 aliphatic rings. The predicted octanol–water partition coefficient (Wildman–Crippen LogP) is 5.95. The second kappa shape index (κ2) is 14.9. The fourth-order valence-electron chi connectivity index (χ4n) is 9.46. The summed E-state index contributed by atoms with van der Waals surface area (Å²) in [6.45, 7) is 12.7. The molecular weight excluding hydrogens is 700 g/mol. The average molecular weight is 755 g/mol. The summed E-state index contributed by atoms with van der Waals surface area (Å²) < 4.78 is 60.1. The highest BCUT2D eigenvalue weighted by Gasteiger charge is 2.68. The summed E-state index contributed by atoms with van der Waals surface area (Å²) in [5.41, 5.74) is 4.20. The van der Waals surface area contributed by atoms with Crippen LogP contribution in [-0.2, 0) is 29.8 Å². The number of nitrogens with one attached hydrogen (secondary N) is 1. The van der Waals surface area contributed by atoms with E-state index >= 15 is 0 Å². The van der Waals surface area contributed by atoms with E-state index in [9.17, 15) is 27.6 Å². The molecule has 3 N–H and O–H groups in total. The number of ether oxygens (including phenoxy) is 1. The highest BCUT2D eigenvalue weighted by molar-refractivity contribution is 6.47. The third-order valence-corrected chi connectivity index (χ3v) is 12.4. The normalized spacial score (nSPS) is 31.4. The fraction of sp³-hybridized carbons (Fsp3) is 0.757. The molecule has 0 aromatic heterocycles. The first-order valence-corrected chi connectivity index (χ1v) is 18.6. The molecule has 1 aromatic carbocycles. The molecule has 3 aliphatic heterocycles. The van der Waals surface area contributed by atoms with Crippen LogP contribution in [0.3, 0.4) is 0 Å². The smallest absolute Gasteiger partial charge is 0.444 e. The van der Waals surface area contributed by atoms with E-state index in [-0.39, 0.29) is 48.8 Å². The van der Waals surface area contributed by atoms with E-state index in [1.807, 2.05) is 0 Å². The van der Waals surface area contributed by atoms with Crippen LogP contribution in [0.15, 0.2) is 24.3 Å². The molecular formula is C37H55BClF3N4O6. The van der Waals surface area contributed by atoms with Crippen molar-refractivity contribution in [1.29, 1.82) is 0 Å². The van der Waals surface area contributed by atoms with E-state index in [1.165, 1.54) is 11.0 Å². The largest absolute Gasteiger partial charge is 0.481 e. The van der Waals surface area contributed by atoms with Gasteiger partial charge in [0, 0.05) is 25.6 Å². The summed E-state index contributed by atoms with van der Waals surface area (Å²) in [4.78, 5) is 44.7. The van der Waals surface area contributed by atoms with Crippen LogP contribution >= 0.6 is 12.4 Å². The molecule has 10 nitrogen and oxygen atoms in total. The van der Waals surface area contributed by atoms with E-state index in [4.69, 9.17) is 19.8 Å². The van der Waals surface area contributed by atoms with Gasteiger partial charge in [-0.3, -0.25) is 9.59 Å². The summed E-state index contributed by atoms with van der Waals surface area (Å²) in [6, 6.07) is 4.14. The van der Waals surface area contributed by atoms with Gasteiger partial charge in [-0.15, -0.1) is 12.4 Å². The van der Waals surface area contributed by atoms with Crippen LogP contribution in [0.4, 0.5) is 18.0 Å². The lowest BCUT2D eigenvalue weighted by Crippen LogP contribution is -2.65. The van der Waals surface area contributed by atoms with Gasteiger partial charge in [0.2, 0.25) is 11.8 Å². The number of rotatable bonds is 9. The second-order valence-corrected chi connectivity index (χ2v) is 17.1. The Hall–Kier alpha value is -2.55. The maximum Gasteiger partial charge on any atom is 0.481 e. The van der Waals surface area contributed by atoms with Gasteiger partial charge in [-0.2, -0.15) is 13.2 Å². The van der Waals surface area contributed by atoms with Crippen molar-refractivity contribution in [1.82, 2.24) is 15.1 Å². The average Bonchev–Trinajstić information content (AvgIpc) is 3.79. The molecule has 0 radical (unpaired) electrons. The van der Waals surface area contributed by atoms with Crippen LogP contribution in [0.5, 0.6) is 0 Å². The number of hydrogen-bond acceptors (Lipinski definition) is 7. The van der Waals surface area contributed by atoms with Gasteiger partial charge in [-0.05, 0) is 102 Å². The van der Waals surface area contributed by atoms with Gasteiger partial charge in [0.05, 0.1) is 29.1 Å². The van der Waals surface area contributed by atoms with Crippen molar-refractivity contribution in [2.75, 3.05) is 26.2 Å². The van der Waals surface area contributed by atoms with Crippen LogP contribution in [0.25, 0.3) is 0 Å². The van der Waals surface area contributed by atoms with Gasteiger partial charge in [-0.25, -0.2) is 4.79 Å². The number of nitrogens with two attached hydrogens (primary N) is 1. The van der Waals surface area contributed by atoms with Crippen molar-refractivity contribution in [2.45, 2.75) is 128 Å². The molecule has 3 saturated heterocycles.